The van der Waals surface area contributed by atoms with Crippen molar-refractivity contribution >= 4 is 37.2 Å². The summed E-state index contributed by atoms with van der Waals surface area (Å²) in [6, 6.07) is 12.0. The van der Waals surface area contributed by atoms with Gasteiger partial charge in [-0.2, -0.15) is 0 Å². The molecule has 13 nitrogen and oxygen atoms in total. The second kappa shape index (κ2) is 11.7. The van der Waals surface area contributed by atoms with Crippen LogP contribution in [-0.4, -0.2) is 69.2 Å². The molecule has 45 heavy (non-hydrogen) atoms. The molecule has 3 aromatic rings. The van der Waals surface area contributed by atoms with E-state index in [2.05, 4.69) is 10.3 Å². The number of aliphatic hydroxyl groups is 1. The molecule has 0 bridgehead atoms. The van der Waals surface area contributed by atoms with Gasteiger partial charge in [0.25, 0.3) is 11.6 Å². The normalized spacial score (nSPS) is 24.7. The number of aryl methyl sites for hydroxylation is 1. The number of non-ortho nitro benzene ring substituents is 1. The average molecular weight is 635 g/mol. The molecule has 4 heterocycles. The first-order chi connectivity index (χ1) is 21.4. The maximum Gasteiger partial charge on any atom is 0.269 e. The number of amides is 2. The Balaban J connectivity index is 1.36. The lowest BCUT2D eigenvalue weighted by atomic mass is 9.82. The second-order valence-corrected chi connectivity index (χ2v) is 16.7. The Hall–Kier alpha value is -3.98. The number of anilines is 2. The molecule has 2 aromatic carbocycles. The minimum absolute atomic E-state index is 0.0400. The maximum atomic E-state index is 14.7. The van der Waals surface area contributed by atoms with Crippen LogP contribution in [0.25, 0.3) is 0 Å². The Labute approximate surface area is 261 Å². The monoisotopic (exact) mass is 634 g/mol. The predicted octanol–water partition coefficient (Wildman–Crippen LogP) is 3.28. The molecule has 2 amide bonds. The van der Waals surface area contributed by atoms with Crippen molar-refractivity contribution < 1.29 is 29.2 Å². The van der Waals surface area contributed by atoms with E-state index >= 15 is 0 Å². The molecular formula is C31H38N6O7Si. The van der Waals surface area contributed by atoms with Gasteiger partial charge in [-0.25, -0.2) is 0 Å². The van der Waals surface area contributed by atoms with Crippen molar-refractivity contribution in [3.8, 4) is 0 Å². The van der Waals surface area contributed by atoms with Gasteiger partial charge in [0, 0.05) is 73.6 Å². The molecule has 3 aliphatic heterocycles. The van der Waals surface area contributed by atoms with Gasteiger partial charge in [0.1, 0.15) is 0 Å². The van der Waals surface area contributed by atoms with Crippen LogP contribution in [0.15, 0.2) is 48.7 Å². The fourth-order valence-electron chi connectivity index (χ4n) is 7.47. The highest BCUT2D eigenvalue weighted by atomic mass is 28.4. The molecule has 0 radical (unpaired) electrons. The highest BCUT2D eigenvalue weighted by Crippen LogP contribution is 2.60. The van der Waals surface area contributed by atoms with Crippen molar-refractivity contribution in [1.82, 2.24) is 15.0 Å². The maximum absolute atomic E-state index is 14.7. The zero-order valence-electron chi connectivity index (χ0n) is 25.6. The van der Waals surface area contributed by atoms with Crippen LogP contribution < -0.4 is 9.80 Å². The zero-order valence-corrected chi connectivity index (χ0v) is 26.6. The van der Waals surface area contributed by atoms with Crippen LogP contribution in [0.2, 0.25) is 18.6 Å². The summed E-state index contributed by atoms with van der Waals surface area (Å²) in [6.07, 6.45) is 3.34. The third-order valence-electron chi connectivity index (χ3n) is 9.41. The average Bonchev–Trinajstić information content (AvgIpc) is 3.75. The zero-order chi connectivity index (χ0) is 32.1. The Bertz CT molecular complexity index is 1640. The van der Waals surface area contributed by atoms with Gasteiger partial charge < -0.3 is 24.4 Å². The molecule has 238 valence electrons. The lowest BCUT2D eigenvalue weighted by molar-refractivity contribution is -0.385. The number of nitro benzene ring substituents is 1. The summed E-state index contributed by atoms with van der Waals surface area (Å²) in [5.74, 6) is -0.746. The highest BCUT2D eigenvalue weighted by Gasteiger charge is 2.66. The van der Waals surface area contributed by atoms with Crippen molar-refractivity contribution in [2.24, 2.45) is 5.92 Å². The number of aliphatic hydroxyl groups excluding tert-OH is 1. The summed E-state index contributed by atoms with van der Waals surface area (Å²) in [7, 11) is -2.95. The fraction of sp³-hybridized carbons (Fsp3) is 0.484. The minimum Gasteiger partial charge on any atom is -0.432 e. The van der Waals surface area contributed by atoms with Gasteiger partial charge in [0.15, 0.2) is 13.9 Å². The SMILES string of the molecule is C[C@H]1[C@H]([Si](C)(C)O)[C@@H](CCn2cc(CCO)nn2)O[C@]12C(=O)N(Cc1cccc(N3CCCC3=O)c1)c1ccc([N+](=O)[O-])cc12. The van der Waals surface area contributed by atoms with Crippen LogP contribution in [0, 0.1) is 16.0 Å². The summed E-state index contributed by atoms with van der Waals surface area (Å²) in [5.41, 5.74) is 1.15. The standard InChI is InChI=1S/C31H38N6O7Si/c1-20-29(45(2,3)43)27(11-14-34-19-22(12-15-38)32-33-34)44-31(20)25-17-24(37(41)42)9-10-26(25)36(30(31)40)18-21-6-4-7-23(16-21)35-13-5-8-28(35)39/h4,6-7,9-10,16-17,19-20,27,29,38,43H,5,8,11-15,18H2,1-3H3/t20-,27+,29-,31+/m0/s1. The van der Waals surface area contributed by atoms with Crippen molar-refractivity contribution in [3.63, 3.8) is 0 Å². The molecule has 0 saturated carbocycles. The van der Waals surface area contributed by atoms with Crippen molar-refractivity contribution in [1.29, 1.82) is 0 Å². The van der Waals surface area contributed by atoms with E-state index in [4.69, 9.17) is 4.74 Å². The lowest BCUT2D eigenvalue weighted by Crippen LogP contribution is -2.46. The first-order valence-corrected chi connectivity index (χ1v) is 18.4. The molecule has 0 unspecified atom stereocenters. The predicted molar refractivity (Wildman–Crippen MR) is 167 cm³/mol. The summed E-state index contributed by atoms with van der Waals surface area (Å²) in [6.45, 7) is 6.75. The molecule has 4 atom stereocenters. The molecule has 6 rings (SSSR count). The molecule has 2 fully saturated rings. The van der Waals surface area contributed by atoms with Crippen molar-refractivity contribution in [2.45, 2.75) is 76.0 Å². The minimum atomic E-state index is -2.95. The van der Waals surface area contributed by atoms with E-state index in [0.29, 0.717) is 49.3 Å². The van der Waals surface area contributed by atoms with Gasteiger partial charge in [0.2, 0.25) is 5.91 Å². The van der Waals surface area contributed by atoms with Crippen LogP contribution in [0.1, 0.15) is 43.0 Å². The fourth-order valence-corrected chi connectivity index (χ4v) is 10.1. The number of fused-ring (bicyclic) bond motifs is 2. The Morgan fingerprint density at radius 1 is 1.20 bits per heavy atom. The topological polar surface area (TPSA) is 164 Å². The highest BCUT2D eigenvalue weighted by molar-refractivity contribution is 6.71. The van der Waals surface area contributed by atoms with E-state index < -0.39 is 30.9 Å². The Morgan fingerprint density at radius 3 is 2.69 bits per heavy atom. The lowest BCUT2D eigenvalue weighted by Gasteiger charge is -2.32. The third-order valence-corrected chi connectivity index (χ3v) is 11.9. The smallest absolute Gasteiger partial charge is 0.269 e. The number of nitro groups is 1. The number of hydrogen-bond donors (Lipinski definition) is 2. The van der Waals surface area contributed by atoms with E-state index in [1.807, 2.05) is 44.3 Å². The van der Waals surface area contributed by atoms with E-state index in [1.54, 1.807) is 26.7 Å². The number of carbonyl (C=O) groups excluding carboxylic acids is 2. The number of rotatable bonds is 10. The van der Waals surface area contributed by atoms with Crippen LogP contribution in [0.3, 0.4) is 0 Å². The largest absolute Gasteiger partial charge is 0.432 e. The van der Waals surface area contributed by atoms with Gasteiger partial charge in [-0.3, -0.25) is 24.4 Å². The van der Waals surface area contributed by atoms with Gasteiger partial charge in [-0.15, -0.1) is 5.10 Å². The molecule has 2 N–H and O–H groups in total. The molecule has 1 aromatic heterocycles. The molecule has 0 aliphatic carbocycles. The van der Waals surface area contributed by atoms with Gasteiger partial charge >= 0.3 is 0 Å². The summed E-state index contributed by atoms with van der Waals surface area (Å²) >= 11 is 0. The Morgan fingerprint density at radius 2 is 2.00 bits per heavy atom. The second-order valence-electron chi connectivity index (χ2n) is 12.8. The summed E-state index contributed by atoms with van der Waals surface area (Å²) in [5, 5.41) is 29.4. The van der Waals surface area contributed by atoms with Crippen LogP contribution in [0.5, 0.6) is 0 Å². The van der Waals surface area contributed by atoms with E-state index in [1.165, 1.54) is 12.1 Å². The molecule has 3 aliphatic rings. The first kappa shape index (κ1) is 31.0. The summed E-state index contributed by atoms with van der Waals surface area (Å²) < 4.78 is 8.46. The first-order valence-electron chi connectivity index (χ1n) is 15.3. The number of hydrogen-bond acceptors (Lipinski definition) is 9. The van der Waals surface area contributed by atoms with Crippen LogP contribution in [0.4, 0.5) is 17.1 Å². The number of benzene rings is 2. The number of aromatic nitrogens is 3. The van der Waals surface area contributed by atoms with Crippen LogP contribution in [-0.2, 0) is 39.4 Å². The number of ether oxygens (including phenoxy) is 1. The van der Waals surface area contributed by atoms with Gasteiger partial charge in [-0.1, -0.05) is 24.3 Å². The summed E-state index contributed by atoms with van der Waals surface area (Å²) in [4.78, 5) is 53.4. The molecule has 2 saturated heterocycles. The number of carbonyl (C=O) groups is 2. The van der Waals surface area contributed by atoms with E-state index in [0.717, 1.165) is 17.7 Å². The van der Waals surface area contributed by atoms with Crippen molar-refractivity contribution in [3.05, 3.63) is 75.6 Å². The van der Waals surface area contributed by atoms with Crippen molar-refractivity contribution in [2.75, 3.05) is 23.0 Å². The quantitative estimate of drug-likeness (QED) is 0.193. The van der Waals surface area contributed by atoms with Crippen LogP contribution >= 0.6 is 0 Å². The molecular weight excluding hydrogens is 596 g/mol. The van der Waals surface area contributed by atoms with E-state index in [9.17, 15) is 29.6 Å². The van der Waals surface area contributed by atoms with Gasteiger partial charge in [0.05, 0.1) is 29.0 Å². The Kier molecular flexibility index (Phi) is 8.10. The third kappa shape index (κ3) is 5.45. The van der Waals surface area contributed by atoms with E-state index in [-0.39, 0.29) is 36.2 Å². The van der Waals surface area contributed by atoms with Gasteiger partial charge in [-0.05, 0) is 49.7 Å². The molecule has 1 spiro atoms. The molecule has 14 heteroatoms. The number of nitrogens with zero attached hydrogens (tertiary/aromatic N) is 6.